The molecule has 208 valence electrons. The van der Waals surface area contributed by atoms with E-state index < -0.39 is 47.0 Å². The summed E-state index contributed by atoms with van der Waals surface area (Å²) in [7, 11) is 0. The molecule has 3 amide bonds. The highest BCUT2D eigenvalue weighted by Gasteiger charge is 2.54. The third-order valence-electron chi connectivity index (χ3n) is 8.24. The summed E-state index contributed by atoms with van der Waals surface area (Å²) >= 11 is 0. The lowest BCUT2D eigenvalue weighted by atomic mass is 9.88. The number of amides is 3. The van der Waals surface area contributed by atoms with Crippen LogP contribution in [-0.4, -0.2) is 52.7 Å². The molecule has 3 aliphatic heterocycles. The van der Waals surface area contributed by atoms with E-state index in [1.165, 1.54) is 19.1 Å². The van der Waals surface area contributed by atoms with Gasteiger partial charge in [-0.1, -0.05) is 0 Å². The number of likely N-dealkylation sites (tertiary alicyclic amines) is 1. The standard InChI is InChI=1S/C29H31F4N3O3/c1-17-13-20(6-10-24(17)30)34-26(37)18-5-9-25(31)23(16-18)29(32,33)28(39)36-21-7-8-22(36)15-19(14-21)27(38)35-11-3-2-4-12-35/h5-6,9-10,13,16,19,21-22H,2-4,7-8,11-12,14-15H2,1H3,(H,34,37)/t19?,21-,22?/m1/s1. The number of alkyl halides is 2. The first-order valence-electron chi connectivity index (χ1n) is 13.4. The Bertz CT molecular complexity index is 1280. The maximum absolute atomic E-state index is 15.6. The number of nitrogens with one attached hydrogen (secondary N) is 1. The summed E-state index contributed by atoms with van der Waals surface area (Å²) in [6.07, 6.45) is 4.65. The number of anilines is 1. The first-order valence-corrected chi connectivity index (χ1v) is 13.4. The van der Waals surface area contributed by atoms with Crippen molar-refractivity contribution in [2.24, 2.45) is 5.92 Å². The Morgan fingerprint density at radius 1 is 0.897 bits per heavy atom. The van der Waals surface area contributed by atoms with Gasteiger partial charge in [0.05, 0.1) is 5.56 Å². The van der Waals surface area contributed by atoms with Gasteiger partial charge in [-0.2, -0.15) is 8.78 Å². The van der Waals surface area contributed by atoms with E-state index in [9.17, 15) is 23.2 Å². The van der Waals surface area contributed by atoms with Crippen molar-refractivity contribution >= 4 is 23.4 Å². The van der Waals surface area contributed by atoms with Gasteiger partial charge < -0.3 is 15.1 Å². The van der Waals surface area contributed by atoms with Crippen LogP contribution in [-0.2, 0) is 15.5 Å². The van der Waals surface area contributed by atoms with Gasteiger partial charge in [-0.05, 0) is 93.8 Å². The van der Waals surface area contributed by atoms with Crippen molar-refractivity contribution in [3.8, 4) is 0 Å². The molecule has 3 aliphatic rings. The van der Waals surface area contributed by atoms with Crippen LogP contribution in [0.4, 0.5) is 23.2 Å². The van der Waals surface area contributed by atoms with Crippen molar-refractivity contribution in [1.29, 1.82) is 0 Å². The van der Waals surface area contributed by atoms with E-state index in [2.05, 4.69) is 5.32 Å². The van der Waals surface area contributed by atoms with Crippen LogP contribution in [0.5, 0.6) is 0 Å². The minimum atomic E-state index is -4.21. The van der Waals surface area contributed by atoms with Crippen molar-refractivity contribution in [2.45, 2.75) is 69.9 Å². The lowest BCUT2D eigenvalue weighted by molar-refractivity contribution is -0.166. The lowest BCUT2D eigenvalue weighted by Crippen LogP contribution is -2.54. The number of rotatable bonds is 5. The van der Waals surface area contributed by atoms with Gasteiger partial charge in [0.2, 0.25) is 5.91 Å². The third kappa shape index (κ3) is 5.25. The summed E-state index contributed by atoms with van der Waals surface area (Å²) in [5, 5.41) is 2.48. The lowest BCUT2D eigenvalue weighted by Gasteiger charge is -2.41. The first kappa shape index (κ1) is 27.1. The van der Waals surface area contributed by atoms with Crippen LogP contribution in [0, 0.1) is 24.5 Å². The Kier molecular flexibility index (Phi) is 7.39. The van der Waals surface area contributed by atoms with Crippen LogP contribution >= 0.6 is 0 Å². The minimum Gasteiger partial charge on any atom is -0.342 e. The van der Waals surface area contributed by atoms with E-state index in [1.807, 2.05) is 4.90 Å². The van der Waals surface area contributed by atoms with Gasteiger partial charge in [-0.15, -0.1) is 0 Å². The van der Waals surface area contributed by atoms with Crippen molar-refractivity contribution in [3.05, 3.63) is 64.7 Å². The SMILES string of the molecule is Cc1cc(NC(=O)c2ccc(F)c(C(F)(F)C(=O)N3C4CC[C@@H]3CC(C(=O)N3CCCCC3)C4)c2)ccc1F. The molecule has 2 aromatic rings. The predicted molar refractivity (Wildman–Crippen MR) is 136 cm³/mol. The van der Waals surface area contributed by atoms with Gasteiger partial charge in [0.15, 0.2) is 0 Å². The van der Waals surface area contributed by atoms with Crippen molar-refractivity contribution in [3.63, 3.8) is 0 Å². The van der Waals surface area contributed by atoms with Crippen LogP contribution in [0.3, 0.4) is 0 Å². The molecule has 6 nitrogen and oxygen atoms in total. The van der Waals surface area contributed by atoms with Gasteiger partial charge >= 0.3 is 5.92 Å². The maximum atomic E-state index is 15.6. The Balaban J connectivity index is 1.32. The van der Waals surface area contributed by atoms with E-state index >= 15 is 8.78 Å². The molecule has 10 heteroatoms. The van der Waals surface area contributed by atoms with Gasteiger partial charge in [0.25, 0.3) is 11.8 Å². The fraction of sp³-hybridized carbons (Fsp3) is 0.483. The molecule has 3 fully saturated rings. The van der Waals surface area contributed by atoms with E-state index in [4.69, 9.17) is 0 Å². The zero-order valence-electron chi connectivity index (χ0n) is 21.7. The minimum absolute atomic E-state index is 0.0339. The molecule has 0 saturated carbocycles. The molecular weight excluding hydrogens is 514 g/mol. The summed E-state index contributed by atoms with van der Waals surface area (Å²) in [6.45, 7) is 2.91. The number of carbonyl (C=O) groups excluding carboxylic acids is 3. The van der Waals surface area contributed by atoms with Gasteiger partial charge in [-0.3, -0.25) is 14.4 Å². The zero-order chi connectivity index (χ0) is 27.9. The number of hydrogen-bond acceptors (Lipinski definition) is 3. The molecule has 3 atom stereocenters. The zero-order valence-corrected chi connectivity index (χ0v) is 21.7. The smallest absolute Gasteiger partial charge is 0.342 e. The summed E-state index contributed by atoms with van der Waals surface area (Å²) in [4.78, 5) is 42.0. The quantitative estimate of drug-likeness (QED) is 0.512. The number of aryl methyl sites for hydroxylation is 1. The summed E-state index contributed by atoms with van der Waals surface area (Å²) < 4.78 is 59.4. The largest absolute Gasteiger partial charge is 0.352 e. The topological polar surface area (TPSA) is 69.7 Å². The number of piperidine rings is 2. The van der Waals surface area contributed by atoms with Crippen LogP contribution in [0.2, 0.25) is 0 Å². The van der Waals surface area contributed by atoms with Crippen molar-refractivity contribution < 1.29 is 31.9 Å². The highest BCUT2D eigenvalue weighted by molar-refractivity contribution is 6.04. The van der Waals surface area contributed by atoms with Gasteiger partial charge in [-0.25, -0.2) is 8.78 Å². The highest BCUT2D eigenvalue weighted by Crippen LogP contribution is 2.44. The second-order valence-electron chi connectivity index (χ2n) is 10.8. The number of benzene rings is 2. The molecule has 2 unspecified atom stereocenters. The van der Waals surface area contributed by atoms with Crippen LogP contribution in [0.15, 0.2) is 36.4 Å². The highest BCUT2D eigenvalue weighted by atomic mass is 19.3. The summed E-state index contributed by atoms with van der Waals surface area (Å²) in [5.74, 6) is -8.57. The van der Waals surface area contributed by atoms with Crippen molar-refractivity contribution in [1.82, 2.24) is 9.80 Å². The Morgan fingerprint density at radius 2 is 1.54 bits per heavy atom. The molecule has 39 heavy (non-hydrogen) atoms. The average Bonchev–Trinajstić information content (AvgIpc) is 3.18. The summed E-state index contributed by atoms with van der Waals surface area (Å²) in [5.41, 5.74) is -0.928. The molecule has 0 radical (unpaired) electrons. The molecule has 1 N–H and O–H groups in total. The second kappa shape index (κ2) is 10.6. The molecule has 0 aliphatic carbocycles. The molecule has 5 rings (SSSR count). The van der Waals surface area contributed by atoms with Crippen LogP contribution in [0.25, 0.3) is 0 Å². The van der Waals surface area contributed by atoms with E-state index in [0.29, 0.717) is 44.8 Å². The molecule has 2 bridgehead atoms. The Labute approximate surface area is 224 Å². The third-order valence-corrected chi connectivity index (χ3v) is 8.24. The normalized spacial score (nSPS) is 23.1. The fourth-order valence-electron chi connectivity index (χ4n) is 6.19. The average molecular weight is 546 g/mol. The molecule has 2 aromatic carbocycles. The molecular formula is C29H31F4N3O3. The monoisotopic (exact) mass is 545 g/mol. The van der Waals surface area contributed by atoms with E-state index in [0.717, 1.165) is 42.4 Å². The Hall–Kier alpha value is -3.43. The van der Waals surface area contributed by atoms with E-state index in [1.54, 1.807) is 0 Å². The van der Waals surface area contributed by atoms with Crippen LogP contribution in [0.1, 0.15) is 66.4 Å². The predicted octanol–water partition coefficient (Wildman–Crippen LogP) is 5.40. The van der Waals surface area contributed by atoms with Crippen LogP contribution < -0.4 is 5.32 Å². The summed E-state index contributed by atoms with van der Waals surface area (Å²) in [6, 6.07) is 5.29. The number of hydrogen-bond donors (Lipinski definition) is 1. The molecule has 0 spiro atoms. The molecule has 0 aromatic heterocycles. The second-order valence-corrected chi connectivity index (χ2v) is 10.8. The number of carbonyl (C=O) groups is 3. The Morgan fingerprint density at radius 3 is 2.18 bits per heavy atom. The first-order chi connectivity index (χ1) is 18.6. The number of halogens is 4. The molecule has 3 heterocycles. The maximum Gasteiger partial charge on any atom is 0.352 e. The van der Waals surface area contributed by atoms with Gasteiger partial charge in [0, 0.05) is 42.3 Å². The van der Waals surface area contributed by atoms with Gasteiger partial charge in [0.1, 0.15) is 11.6 Å². The van der Waals surface area contributed by atoms with Crippen molar-refractivity contribution in [2.75, 3.05) is 18.4 Å². The fourth-order valence-corrected chi connectivity index (χ4v) is 6.19. The van der Waals surface area contributed by atoms with E-state index in [-0.39, 0.29) is 28.6 Å². The number of fused-ring (bicyclic) bond motifs is 2. The number of nitrogens with zero attached hydrogens (tertiary/aromatic N) is 2. The molecule has 3 saturated heterocycles.